The van der Waals surface area contributed by atoms with Gasteiger partial charge in [0.25, 0.3) is 5.91 Å². The van der Waals surface area contributed by atoms with E-state index in [9.17, 15) is 9.59 Å². The van der Waals surface area contributed by atoms with E-state index in [-0.39, 0.29) is 12.5 Å². The maximum absolute atomic E-state index is 11.7. The fourth-order valence-electron chi connectivity index (χ4n) is 1.12. The quantitative estimate of drug-likeness (QED) is 0.682. The predicted molar refractivity (Wildman–Crippen MR) is 67.6 cm³/mol. The lowest BCUT2D eigenvalue weighted by Gasteiger charge is -2.03. The summed E-state index contributed by atoms with van der Waals surface area (Å²) < 4.78 is 5.15. The lowest BCUT2D eigenvalue weighted by atomic mass is 10.2. The molecule has 0 aliphatic heterocycles. The summed E-state index contributed by atoms with van der Waals surface area (Å²) in [7, 11) is 1.30. The molecular formula is C12H12BrNO3. The molecular weight excluding hydrogens is 286 g/mol. The highest BCUT2D eigenvalue weighted by Crippen LogP contribution is 2.15. The van der Waals surface area contributed by atoms with Crippen molar-refractivity contribution in [1.82, 2.24) is 5.32 Å². The zero-order chi connectivity index (χ0) is 12.7. The van der Waals surface area contributed by atoms with Gasteiger partial charge in [0, 0.05) is 17.1 Å². The van der Waals surface area contributed by atoms with Crippen molar-refractivity contribution in [2.45, 2.75) is 0 Å². The van der Waals surface area contributed by atoms with E-state index >= 15 is 0 Å². The summed E-state index contributed by atoms with van der Waals surface area (Å²) in [4.78, 5) is 22.4. The summed E-state index contributed by atoms with van der Waals surface area (Å²) in [6.07, 6.45) is 2.79. The molecule has 0 unspecified atom stereocenters. The highest BCUT2D eigenvalue weighted by atomic mass is 79.9. The molecule has 17 heavy (non-hydrogen) atoms. The number of hydrogen-bond acceptors (Lipinski definition) is 3. The van der Waals surface area contributed by atoms with Gasteiger partial charge in [-0.05, 0) is 28.1 Å². The number of benzene rings is 1. The lowest BCUT2D eigenvalue weighted by Crippen LogP contribution is -2.23. The van der Waals surface area contributed by atoms with E-state index in [2.05, 4.69) is 26.0 Å². The first kappa shape index (κ1) is 13.4. The molecule has 0 bridgehead atoms. The zero-order valence-electron chi connectivity index (χ0n) is 9.27. The molecule has 1 N–H and O–H groups in total. The third kappa shape index (κ3) is 4.40. The lowest BCUT2D eigenvalue weighted by molar-refractivity contribution is -0.134. The SMILES string of the molecule is COC(=O)/C=C/CNC(=O)c1ccccc1Br. The van der Waals surface area contributed by atoms with E-state index < -0.39 is 5.97 Å². The van der Waals surface area contributed by atoms with Crippen molar-refractivity contribution < 1.29 is 14.3 Å². The fourth-order valence-corrected chi connectivity index (χ4v) is 1.58. The topological polar surface area (TPSA) is 55.4 Å². The Kier molecular flexibility index (Phi) is 5.42. The van der Waals surface area contributed by atoms with Crippen LogP contribution in [0.15, 0.2) is 40.9 Å². The molecule has 0 aliphatic rings. The number of carbonyl (C=O) groups is 2. The number of esters is 1. The number of methoxy groups -OCH3 is 1. The molecule has 0 heterocycles. The van der Waals surface area contributed by atoms with Gasteiger partial charge in [0.2, 0.25) is 0 Å². The molecule has 0 aliphatic carbocycles. The summed E-state index contributed by atoms with van der Waals surface area (Å²) in [5.74, 6) is -0.646. The number of amides is 1. The Bertz CT molecular complexity index is 443. The number of carbonyl (C=O) groups excluding carboxylic acids is 2. The minimum atomic E-state index is -0.444. The van der Waals surface area contributed by atoms with E-state index in [4.69, 9.17) is 0 Å². The molecule has 0 saturated carbocycles. The Morgan fingerprint density at radius 2 is 2.12 bits per heavy atom. The molecule has 1 aromatic rings. The number of hydrogen-bond donors (Lipinski definition) is 1. The van der Waals surface area contributed by atoms with Crippen LogP contribution in [-0.4, -0.2) is 25.5 Å². The minimum absolute atomic E-state index is 0.202. The average Bonchev–Trinajstić information content (AvgIpc) is 2.34. The largest absolute Gasteiger partial charge is 0.466 e. The van der Waals surface area contributed by atoms with E-state index in [0.717, 1.165) is 4.47 Å². The average molecular weight is 298 g/mol. The van der Waals surface area contributed by atoms with Gasteiger partial charge in [-0.15, -0.1) is 0 Å². The summed E-state index contributed by atoms with van der Waals surface area (Å²) in [5, 5.41) is 2.66. The second kappa shape index (κ2) is 6.85. The van der Waals surface area contributed by atoms with Crippen LogP contribution >= 0.6 is 15.9 Å². The molecule has 1 rings (SSSR count). The number of rotatable bonds is 4. The Labute approximate surface area is 108 Å². The summed E-state index contributed by atoms with van der Waals surface area (Å²) >= 11 is 3.29. The standard InChI is InChI=1S/C12H12BrNO3/c1-17-11(15)7-4-8-14-12(16)9-5-2-3-6-10(9)13/h2-7H,8H2,1H3,(H,14,16)/b7-4+. The third-order valence-electron chi connectivity index (χ3n) is 1.95. The molecule has 0 spiro atoms. The molecule has 1 amide bonds. The van der Waals surface area contributed by atoms with Gasteiger partial charge in [0.15, 0.2) is 0 Å². The molecule has 0 radical (unpaired) electrons. The summed E-state index contributed by atoms with van der Waals surface area (Å²) in [6, 6.07) is 7.12. The number of nitrogens with one attached hydrogen (secondary N) is 1. The van der Waals surface area contributed by atoms with Gasteiger partial charge >= 0.3 is 5.97 Å². The summed E-state index contributed by atoms with van der Waals surface area (Å²) in [5.41, 5.74) is 0.555. The van der Waals surface area contributed by atoms with Gasteiger partial charge in [-0.2, -0.15) is 0 Å². The van der Waals surface area contributed by atoms with Crippen molar-refractivity contribution in [3.63, 3.8) is 0 Å². The van der Waals surface area contributed by atoms with E-state index in [1.165, 1.54) is 19.3 Å². The summed E-state index contributed by atoms with van der Waals surface area (Å²) in [6.45, 7) is 0.273. The van der Waals surface area contributed by atoms with Crippen molar-refractivity contribution in [1.29, 1.82) is 0 Å². The van der Waals surface area contributed by atoms with Gasteiger partial charge in [-0.25, -0.2) is 4.79 Å². The molecule has 90 valence electrons. The zero-order valence-corrected chi connectivity index (χ0v) is 10.9. The first-order chi connectivity index (χ1) is 8.15. The third-order valence-corrected chi connectivity index (χ3v) is 2.65. The number of halogens is 1. The highest BCUT2D eigenvalue weighted by Gasteiger charge is 2.07. The molecule has 1 aromatic carbocycles. The second-order valence-corrected chi connectivity index (χ2v) is 3.97. The highest BCUT2D eigenvalue weighted by molar-refractivity contribution is 9.10. The second-order valence-electron chi connectivity index (χ2n) is 3.12. The van der Waals surface area contributed by atoms with Crippen LogP contribution in [0.25, 0.3) is 0 Å². The van der Waals surface area contributed by atoms with Crippen LogP contribution in [0.3, 0.4) is 0 Å². The molecule has 4 nitrogen and oxygen atoms in total. The van der Waals surface area contributed by atoms with Crippen molar-refractivity contribution in [2.24, 2.45) is 0 Å². The normalized spacial score (nSPS) is 10.2. The van der Waals surface area contributed by atoms with Crippen molar-refractivity contribution in [3.8, 4) is 0 Å². The Balaban J connectivity index is 2.49. The van der Waals surface area contributed by atoms with Crippen LogP contribution in [0.4, 0.5) is 0 Å². The smallest absolute Gasteiger partial charge is 0.330 e. The first-order valence-electron chi connectivity index (χ1n) is 4.92. The van der Waals surface area contributed by atoms with Crippen LogP contribution in [0.2, 0.25) is 0 Å². The maximum Gasteiger partial charge on any atom is 0.330 e. The van der Waals surface area contributed by atoms with Crippen molar-refractivity contribution in [3.05, 3.63) is 46.5 Å². The first-order valence-corrected chi connectivity index (χ1v) is 5.71. The van der Waals surface area contributed by atoms with E-state index in [1.807, 2.05) is 6.07 Å². The number of ether oxygens (including phenoxy) is 1. The van der Waals surface area contributed by atoms with Gasteiger partial charge in [0.1, 0.15) is 0 Å². The Morgan fingerprint density at radius 1 is 1.41 bits per heavy atom. The maximum atomic E-state index is 11.7. The van der Waals surface area contributed by atoms with Gasteiger partial charge in [-0.1, -0.05) is 18.2 Å². The predicted octanol–water partition coefficient (Wildman–Crippen LogP) is 1.91. The molecule has 0 fully saturated rings. The molecule has 5 heteroatoms. The molecule has 0 aromatic heterocycles. The van der Waals surface area contributed by atoms with Crippen LogP contribution in [-0.2, 0) is 9.53 Å². The van der Waals surface area contributed by atoms with Crippen LogP contribution in [0.5, 0.6) is 0 Å². The van der Waals surface area contributed by atoms with Crippen LogP contribution in [0, 0.1) is 0 Å². The van der Waals surface area contributed by atoms with Crippen LogP contribution in [0.1, 0.15) is 10.4 Å². The fraction of sp³-hybridized carbons (Fsp3) is 0.167. The van der Waals surface area contributed by atoms with Crippen molar-refractivity contribution in [2.75, 3.05) is 13.7 Å². The van der Waals surface area contributed by atoms with E-state index in [1.54, 1.807) is 18.2 Å². The Hall–Kier alpha value is -1.62. The van der Waals surface area contributed by atoms with Crippen molar-refractivity contribution >= 4 is 27.8 Å². The molecule has 0 atom stereocenters. The van der Waals surface area contributed by atoms with Gasteiger partial charge in [-0.3, -0.25) is 4.79 Å². The molecule has 0 saturated heterocycles. The minimum Gasteiger partial charge on any atom is -0.466 e. The van der Waals surface area contributed by atoms with E-state index in [0.29, 0.717) is 5.56 Å². The monoisotopic (exact) mass is 297 g/mol. The van der Waals surface area contributed by atoms with Crippen LogP contribution < -0.4 is 5.32 Å². The Morgan fingerprint density at radius 3 is 2.76 bits per heavy atom. The van der Waals surface area contributed by atoms with Gasteiger partial charge < -0.3 is 10.1 Å². The van der Waals surface area contributed by atoms with Gasteiger partial charge in [0.05, 0.1) is 12.7 Å².